The average molecular weight is 857 g/mol. The Hall–Kier alpha value is -8.92. The molecule has 3 heteroatoms. The molecular weight excluding hydrogens is 813 g/mol. The van der Waals surface area contributed by atoms with Crippen molar-refractivity contribution in [3.8, 4) is 67.1 Å². The topological polar surface area (TPSA) is 15.7 Å². The van der Waals surface area contributed by atoms with E-state index in [0.29, 0.717) is 0 Å². The minimum Gasteiger partial charge on any atom is -0.454 e. The maximum absolute atomic E-state index is 7.17. The Bertz CT molecular complexity index is 3360. The minimum absolute atomic E-state index is 0.823. The molecular formula is C64H44N2O. The normalized spacial score (nSPS) is 11.4. The second-order valence-corrected chi connectivity index (χ2v) is 16.8. The van der Waals surface area contributed by atoms with Gasteiger partial charge >= 0.3 is 0 Å². The minimum atomic E-state index is 0.823. The zero-order chi connectivity index (χ0) is 44.5. The number of nitrogens with zero attached hydrogens (tertiary/aromatic N) is 2. The smallest absolute Gasteiger partial charge is 0.159 e. The number of rotatable bonds is 10. The van der Waals surface area contributed by atoms with Crippen molar-refractivity contribution >= 4 is 44.9 Å². The molecule has 316 valence electrons. The highest BCUT2D eigenvalue weighted by Crippen LogP contribution is 2.55. The number of anilines is 6. The fraction of sp³-hybridized carbons (Fsp3) is 0. The molecule has 0 amide bonds. The van der Waals surface area contributed by atoms with E-state index in [1.165, 1.54) is 22.3 Å². The van der Waals surface area contributed by atoms with Crippen molar-refractivity contribution < 1.29 is 4.74 Å². The monoisotopic (exact) mass is 856 g/mol. The van der Waals surface area contributed by atoms with Gasteiger partial charge in [-0.05, 0) is 117 Å². The summed E-state index contributed by atoms with van der Waals surface area (Å²) < 4.78 is 7.17. The highest BCUT2D eigenvalue weighted by molar-refractivity contribution is 6.12. The van der Waals surface area contributed by atoms with Crippen LogP contribution in [-0.4, -0.2) is 0 Å². The summed E-state index contributed by atoms with van der Waals surface area (Å²) >= 11 is 0. The summed E-state index contributed by atoms with van der Waals surface area (Å²) in [5, 5.41) is 2.17. The third-order valence-electron chi connectivity index (χ3n) is 12.8. The molecule has 11 aromatic carbocycles. The van der Waals surface area contributed by atoms with Crippen LogP contribution in [0.1, 0.15) is 0 Å². The highest BCUT2D eigenvalue weighted by atomic mass is 16.5. The third kappa shape index (κ3) is 7.29. The predicted molar refractivity (Wildman–Crippen MR) is 281 cm³/mol. The first-order valence-electron chi connectivity index (χ1n) is 22.8. The Kier molecular flexibility index (Phi) is 10.2. The van der Waals surface area contributed by atoms with Gasteiger partial charge in [0.2, 0.25) is 0 Å². The maximum atomic E-state index is 7.17. The Morgan fingerprint density at radius 3 is 1.16 bits per heavy atom. The van der Waals surface area contributed by atoms with Crippen LogP contribution in [0.15, 0.2) is 267 Å². The van der Waals surface area contributed by atoms with Crippen molar-refractivity contribution in [1.29, 1.82) is 0 Å². The summed E-state index contributed by atoms with van der Waals surface area (Å²) in [5.74, 6) is 1.65. The van der Waals surface area contributed by atoms with E-state index in [2.05, 4.69) is 277 Å². The SMILES string of the molecule is c1ccc(-c2ccc(N(c3ccc(-c4ccccc4)c(-c4ccccc4)c3)c3ccc4c5c(cccc35)-c3cccc(N(c5ccccc5)c5ccccc5)c3O4)cc2-c2ccccc2)cc1. The summed E-state index contributed by atoms with van der Waals surface area (Å²) in [4.78, 5) is 4.72. The van der Waals surface area contributed by atoms with Gasteiger partial charge in [-0.3, -0.25) is 0 Å². The summed E-state index contributed by atoms with van der Waals surface area (Å²) in [6, 6.07) is 95.4. The summed E-state index contributed by atoms with van der Waals surface area (Å²) in [6.07, 6.45) is 0. The molecule has 11 aromatic rings. The molecule has 0 unspecified atom stereocenters. The van der Waals surface area contributed by atoms with Gasteiger partial charge in [0.05, 0.1) is 11.4 Å². The molecule has 1 aliphatic rings. The summed E-state index contributed by atoms with van der Waals surface area (Å²) in [6.45, 7) is 0. The number of fused-ring (bicyclic) bond motifs is 2. The number of hydrogen-bond acceptors (Lipinski definition) is 3. The van der Waals surface area contributed by atoms with E-state index in [0.717, 1.165) is 89.8 Å². The van der Waals surface area contributed by atoms with E-state index < -0.39 is 0 Å². The van der Waals surface area contributed by atoms with E-state index in [-0.39, 0.29) is 0 Å². The summed E-state index contributed by atoms with van der Waals surface area (Å²) in [7, 11) is 0. The molecule has 1 heterocycles. The van der Waals surface area contributed by atoms with Gasteiger partial charge in [-0.1, -0.05) is 200 Å². The maximum Gasteiger partial charge on any atom is 0.159 e. The van der Waals surface area contributed by atoms with Crippen molar-refractivity contribution in [3.63, 3.8) is 0 Å². The van der Waals surface area contributed by atoms with Gasteiger partial charge in [-0.15, -0.1) is 0 Å². The number of hydrogen-bond donors (Lipinski definition) is 0. The Morgan fingerprint density at radius 2 is 0.672 bits per heavy atom. The molecule has 0 aliphatic carbocycles. The van der Waals surface area contributed by atoms with Gasteiger partial charge in [0.15, 0.2) is 5.75 Å². The van der Waals surface area contributed by atoms with Gasteiger partial charge in [0.25, 0.3) is 0 Å². The van der Waals surface area contributed by atoms with E-state index in [4.69, 9.17) is 4.74 Å². The lowest BCUT2D eigenvalue weighted by Gasteiger charge is -2.32. The Morgan fingerprint density at radius 1 is 0.254 bits per heavy atom. The Labute approximate surface area is 391 Å². The van der Waals surface area contributed by atoms with Crippen LogP contribution >= 0.6 is 0 Å². The molecule has 67 heavy (non-hydrogen) atoms. The van der Waals surface area contributed by atoms with Crippen molar-refractivity contribution in [3.05, 3.63) is 267 Å². The number of para-hydroxylation sites is 3. The highest BCUT2D eigenvalue weighted by Gasteiger charge is 2.29. The van der Waals surface area contributed by atoms with Crippen molar-refractivity contribution in [2.45, 2.75) is 0 Å². The van der Waals surface area contributed by atoms with Crippen molar-refractivity contribution in [2.24, 2.45) is 0 Å². The van der Waals surface area contributed by atoms with Gasteiger partial charge in [-0.25, -0.2) is 0 Å². The molecule has 0 saturated heterocycles. The zero-order valence-electron chi connectivity index (χ0n) is 36.7. The first-order valence-corrected chi connectivity index (χ1v) is 22.8. The van der Waals surface area contributed by atoms with Gasteiger partial charge < -0.3 is 14.5 Å². The number of ether oxygens (including phenoxy) is 1. The standard InChI is InChI=1S/C64H44N2O/c1-7-21-45(22-8-1)53-39-37-51(43-58(53)47-25-11-3-12-26-47)66(52-38-40-54(46-23-9-2-10-24-46)59(44-52)48-27-13-4-14-28-48)60-41-42-62-63-55(33-19-35-57(60)63)56-34-20-36-61(64(56)67-62)65(49-29-15-5-16-30-49)50-31-17-6-18-32-50/h1-44H. The van der Waals surface area contributed by atoms with E-state index in [1.54, 1.807) is 0 Å². The lowest BCUT2D eigenvalue weighted by Crippen LogP contribution is -2.13. The van der Waals surface area contributed by atoms with Crippen LogP contribution in [0.4, 0.5) is 34.1 Å². The van der Waals surface area contributed by atoms with E-state index in [9.17, 15) is 0 Å². The molecule has 0 saturated carbocycles. The van der Waals surface area contributed by atoms with Crippen molar-refractivity contribution in [2.75, 3.05) is 9.80 Å². The fourth-order valence-electron chi connectivity index (χ4n) is 9.80. The first kappa shape index (κ1) is 39.7. The summed E-state index contributed by atoms with van der Waals surface area (Å²) in [5.41, 5.74) is 17.8. The molecule has 3 nitrogen and oxygen atoms in total. The number of benzene rings is 11. The molecule has 0 aromatic heterocycles. The lowest BCUT2D eigenvalue weighted by molar-refractivity contribution is 0.488. The van der Waals surface area contributed by atoms with E-state index in [1.807, 2.05) is 0 Å². The van der Waals surface area contributed by atoms with Crippen LogP contribution in [0.5, 0.6) is 11.5 Å². The van der Waals surface area contributed by atoms with E-state index >= 15 is 0 Å². The van der Waals surface area contributed by atoms with Gasteiger partial charge in [0, 0.05) is 39.1 Å². The fourth-order valence-corrected chi connectivity index (χ4v) is 9.80. The largest absolute Gasteiger partial charge is 0.454 e. The molecule has 0 N–H and O–H groups in total. The zero-order valence-corrected chi connectivity index (χ0v) is 36.7. The predicted octanol–water partition coefficient (Wildman–Crippen LogP) is 18.2. The molecule has 0 bridgehead atoms. The third-order valence-corrected chi connectivity index (χ3v) is 12.8. The van der Waals surface area contributed by atoms with Crippen LogP contribution in [0.2, 0.25) is 0 Å². The van der Waals surface area contributed by atoms with Crippen molar-refractivity contribution in [1.82, 2.24) is 0 Å². The van der Waals surface area contributed by atoms with Crippen LogP contribution in [0.25, 0.3) is 66.4 Å². The van der Waals surface area contributed by atoms with Gasteiger partial charge in [0.1, 0.15) is 5.75 Å². The van der Waals surface area contributed by atoms with Crippen LogP contribution in [0.3, 0.4) is 0 Å². The molecule has 1 aliphatic heterocycles. The molecule has 0 radical (unpaired) electrons. The van der Waals surface area contributed by atoms with Crippen LogP contribution in [-0.2, 0) is 0 Å². The lowest BCUT2D eigenvalue weighted by atomic mass is 9.91. The van der Waals surface area contributed by atoms with Crippen LogP contribution in [0, 0.1) is 0 Å². The second-order valence-electron chi connectivity index (χ2n) is 16.8. The molecule has 12 rings (SSSR count). The second kappa shape index (κ2) is 17.2. The quantitative estimate of drug-likeness (QED) is 0.136. The van der Waals surface area contributed by atoms with Crippen LogP contribution < -0.4 is 14.5 Å². The first-order chi connectivity index (χ1) is 33.3. The Balaban J connectivity index is 1.09. The molecule has 0 atom stereocenters. The van der Waals surface area contributed by atoms with Gasteiger partial charge in [-0.2, -0.15) is 0 Å². The molecule has 0 spiro atoms. The average Bonchev–Trinajstić information content (AvgIpc) is 3.41. The molecule has 0 fully saturated rings.